The summed E-state index contributed by atoms with van der Waals surface area (Å²) in [7, 11) is 0. The molecule has 32 heavy (non-hydrogen) atoms. The first-order valence-electron chi connectivity index (χ1n) is 9.03. The molecule has 1 aliphatic rings. The van der Waals surface area contributed by atoms with E-state index in [1.807, 2.05) is 0 Å². The van der Waals surface area contributed by atoms with E-state index in [1.165, 1.54) is 18.2 Å². The molecule has 160 valence electrons. The lowest BCUT2D eigenvalue weighted by Crippen LogP contribution is -2.54. The number of nitrogens with one attached hydrogen (secondary N) is 1. The van der Waals surface area contributed by atoms with E-state index in [0.29, 0.717) is 11.3 Å². The Kier molecular flexibility index (Phi) is 5.84. The van der Waals surface area contributed by atoms with Crippen LogP contribution in [0.15, 0.2) is 64.6 Å². The third kappa shape index (κ3) is 4.03. The van der Waals surface area contributed by atoms with Crippen molar-refractivity contribution in [1.29, 1.82) is 0 Å². The number of hydrogen-bond donors (Lipinski definition) is 1. The number of amides is 2. The van der Waals surface area contributed by atoms with Gasteiger partial charge in [-0.2, -0.15) is 0 Å². The Balaban J connectivity index is 1.67. The number of carboxylic acids is 1. The van der Waals surface area contributed by atoms with Crippen LogP contribution >= 0.6 is 35.4 Å². The molecular weight excluding hydrogens is 475 g/mol. The van der Waals surface area contributed by atoms with Crippen molar-refractivity contribution in [3.05, 3.63) is 81.5 Å². The molecule has 2 aromatic carbocycles. The first-order chi connectivity index (χ1) is 15.3. The largest absolute Gasteiger partial charge is 0.545 e. The van der Waals surface area contributed by atoms with Crippen molar-refractivity contribution in [2.75, 3.05) is 4.90 Å². The molecule has 0 spiro atoms. The normalized spacial score (nSPS) is 15.2. The second kappa shape index (κ2) is 8.58. The van der Waals surface area contributed by atoms with Crippen LogP contribution in [0.2, 0.25) is 10.0 Å². The quantitative estimate of drug-likeness (QED) is 0.344. The van der Waals surface area contributed by atoms with Crippen molar-refractivity contribution >= 4 is 70.1 Å². The number of carboxylic acid groups (broad SMARTS) is 1. The SMILES string of the molecule is O=C1NC(=S)N(c2cccc(Cl)c2Cl)C(=O)/C1=C\c1ccc(-c2ccc(C(=O)[O-])cc2)o1. The molecule has 0 saturated carbocycles. The molecular formula is C22H11Cl2N2O5S-. The van der Waals surface area contributed by atoms with E-state index in [2.05, 4.69) is 5.32 Å². The van der Waals surface area contributed by atoms with E-state index in [4.69, 9.17) is 39.8 Å². The number of nitrogens with zero attached hydrogens (tertiary/aromatic N) is 1. The maximum atomic E-state index is 13.1. The van der Waals surface area contributed by atoms with Gasteiger partial charge in [0.05, 0.1) is 21.7 Å². The minimum Gasteiger partial charge on any atom is -0.545 e. The smallest absolute Gasteiger partial charge is 0.270 e. The highest BCUT2D eigenvalue weighted by atomic mass is 35.5. The van der Waals surface area contributed by atoms with Crippen LogP contribution in [0.25, 0.3) is 17.4 Å². The first kappa shape index (κ1) is 21.8. The molecule has 0 aliphatic carbocycles. The van der Waals surface area contributed by atoms with Crippen molar-refractivity contribution in [3.63, 3.8) is 0 Å². The zero-order valence-corrected chi connectivity index (χ0v) is 18.3. The van der Waals surface area contributed by atoms with E-state index in [-0.39, 0.29) is 37.7 Å². The Morgan fingerprint density at radius 2 is 1.78 bits per heavy atom. The minimum atomic E-state index is -1.29. The fraction of sp³-hybridized carbons (Fsp3) is 0. The van der Waals surface area contributed by atoms with Crippen molar-refractivity contribution in [1.82, 2.24) is 5.32 Å². The second-order valence-corrected chi connectivity index (χ2v) is 7.77. The monoisotopic (exact) mass is 485 g/mol. The zero-order valence-electron chi connectivity index (χ0n) is 15.9. The third-order valence-electron chi connectivity index (χ3n) is 4.59. The lowest BCUT2D eigenvalue weighted by Gasteiger charge is -2.29. The summed E-state index contributed by atoms with van der Waals surface area (Å²) in [5, 5.41) is 13.5. The van der Waals surface area contributed by atoms with Gasteiger partial charge >= 0.3 is 0 Å². The Labute approximate surface area is 196 Å². The van der Waals surface area contributed by atoms with Gasteiger partial charge in [0, 0.05) is 5.56 Å². The van der Waals surface area contributed by atoms with Gasteiger partial charge in [0.25, 0.3) is 11.8 Å². The van der Waals surface area contributed by atoms with Crippen LogP contribution in [-0.4, -0.2) is 22.9 Å². The molecule has 0 bridgehead atoms. The molecule has 1 aliphatic heterocycles. The van der Waals surface area contributed by atoms with E-state index >= 15 is 0 Å². The average molecular weight is 486 g/mol. The van der Waals surface area contributed by atoms with Crippen molar-refractivity contribution < 1.29 is 23.9 Å². The molecule has 3 aromatic rings. The maximum Gasteiger partial charge on any atom is 0.270 e. The molecule has 4 rings (SSSR count). The van der Waals surface area contributed by atoms with Gasteiger partial charge in [0.2, 0.25) is 0 Å². The number of benzene rings is 2. The number of thiocarbonyl (C=S) groups is 1. The van der Waals surface area contributed by atoms with E-state index in [1.54, 1.807) is 42.5 Å². The van der Waals surface area contributed by atoms with E-state index in [9.17, 15) is 19.5 Å². The van der Waals surface area contributed by atoms with Crippen molar-refractivity contribution in [2.24, 2.45) is 0 Å². The molecule has 10 heteroatoms. The number of carbonyl (C=O) groups is 3. The Bertz CT molecular complexity index is 1310. The van der Waals surface area contributed by atoms with Gasteiger partial charge in [-0.3, -0.25) is 19.8 Å². The number of rotatable bonds is 4. The predicted molar refractivity (Wildman–Crippen MR) is 121 cm³/mol. The number of aromatic carboxylic acids is 1. The Morgan fingerprint density at radius 3 is 2.47 bits per heavy atom. The summed E-state index contributed by atoms with van der Waals surface area (Å²) >= 11 is 17.4. The van der Waals surface area contributed by atoms with Gasteiger partial charge in [0.15, 0.2) is 5.11 Å². The van der Waals surface area contributed by atoms with Crippen molar-refractivity contribution in [2.45, 2.75) is 0 Å². The highest BCUT2D eigenvalue weighted by molar-refractivity contribution is 7.80. The highest BCUT2D eigenvalue weighted by Gasteiger charge is 2.36. The third-order valence-corrected chi connectivity index (χ3v) is 5.69. The van der Waals surface area contributed by atoms with Crippen LogP contribution in [0.5, 0.6) is 0 Å². The number of carbonyl (C=O) groups excluding carboxylic acids is 3. The second-order valence-electron chi connectivity index (χ2n) is 6.60. The summed E-state index contributed by atoms with van der Waals surface area (Å²) in [5.74, 6) is -2.03. The fourth-order valence-electron chi connectivity index (χ4n) is 3.04. The molecule has 7 nitrogen and oxygen atoms in total. The molecule has 0 radical (unpaired) electrons. The summed E-state index contributed by atoms with van der Waals surface area (Å²) < 4.78 is 5.71. The summed E-state index contributed by atoms with van der Waals surface area (Å²) in [4.78, 5) is 37.5. The molecule has 2 amide bonds. The standard InChI is InChI=1S/C22H12Cl2N2O5S/c23-15-2-1-3-16(18(15)24)26-20(28)14(19(27)25-22(26)32)10-13-8-9-17(31-13)11-4-6-12(7-5-11)21(29)30/h1-10H,(H,29,30)(H,25,27,32)/p-1/b14-10-. The van der Waals surface area contributed by atoms with E-state index < -0.39 is 17.8 Å². The zero-order chi connectivity index (χ0) is 23.0. The number of hydrogen-bond acceptors (Lipinski definition) is 6. The lowest BCUT2D eigenvalue weighted by molar-refractivity contribution is -0.255. The maximum absolute atomic E-state index is 13.1. The summed E-state index contributed by atoms with van der Waals surface area (Å²) in [5.41, 5.74) is 0.645. The van der Waals surface area contributed by atoms with Crippen LogP contribution in [-0.2, 0) is 9.59 Å². The molecule has 0 atom stereocenters. The first-order valence-corrected chi connectivity index (χ1v) is 10.2. The topological polar surface area (TPSA) is 103 Å². The molecule has 0 unspecified atom stereocenters. The van der Waals surface area contributed by atoms with Crippen molar-refractivity contribution in [3.8, 4) is 11.3 Å². The van der Waals surface area contributed by atoms with E-state index in [0.717, 1.165) is 4.90 Å². The molecule has 1 saturated heterocycles. The summed E-state index contributed by atoms with van der Waals surface area (Å²) in [6, 6.07) is 13.8. The number of halogens is 2. The van der Waals surface area contributed by atoms with Crippen LogP contribution in [0.1, 0.15) is 16.1 Å². The lowest BCUT2D eigenvalue weighted by atomic mass is 10.1. The van der Waals surface area contributed by atoms with Crippen LogP contribution in [0.3, 0.4) is 0 Å². The highest BCUT2D eigenvalue weighted by Crippen LogP contribution is 2.34. The van der Waals surface area contributed by atoms with Crippen LogP contribution < -0.4 is 15.3 Å². The summed E-state index contributed by atoms with van der Waals surface area (Å²) in [6.45, 7) is 0. The van der Waals surface area contributed by atoms with Gasteiger partial charge < -0.3 is 14.3 Å². The molecule has 1 aromatic heterocycles. The van der Waals surface area contributed by atoms with Gasteiger partial charge in [-0.1, -0.05) is 53.5 Å². The predicted octanol–water partition coefficient (Wildman–Crippen LogP) is 3.45. The molecule has 1 fully saturated rings. The number of furan rings is 1. The van der Waals surface area contributed by atoms with Crippen LogP contribution in [0.4, 0.5) is 5.69 Å². The average Bonchev–Trinajstić information content (AvgIpc) is 3.23. The molecule has 2 heterocycles. The van der Waals surface area contributed by atoms with Crippen LogP contribution in [0, 0.1) is 0 Å². The van der Waals surface area contributed by atoms with Gasteiger partial charge in [-0.25, -0.2) is 0 Å². The number of anilines is 1. The van der Waals surface area contributed by atoms with Gasteiger partial charge in [-0.05, 0) is 48.1 Å². The van der Waals surface area contributed by atoms with Gasteiger partial charge in [-0.15, -0.1) is 0 Å². The Hall–Kier alpha value is -3.46. The summed E-state index contributed by atoms with van der Waals surface area (Å²) in [6.07, 6.45) is 1.28. The van der Waals surface area contributed by atoms with Gasteiger partial charge in [0.1, 0.15) is 17.1 Å². The Morgan fingerprint density at radius 1 is 1.06 bits per heavy atom. The minimum absolute atomic E-state index is 0.0304. The molecule has 1 N–H and O–H groups in total. The fourth-order valence-corrected chi connectivity index (χ4v) is 3.69.